The van der Waals surface area contributed by atoms with E-state index in [0.29, 0.717) is 11.8 Å². The van der Waals surface area contributed by atoms with Gasteiger partial charge in [-0.2, -0.15) is 0 Å². The number of hydrogen-bond acceptors (Lipinski definition) is 2. The molecule has 0 aliphatic heterocycles. The minimum Gasteiger partial charge on any atom is -0.456 e. The molecule has 3 unspecified atom stereocenters. The van der Waals surface area contributed by atoms with Crippen LogP contribution in [0.1, 0.15) is 31.7 Å². The monoisotopic (exact) mass is 718 g/mol. The molecule has 2 aliphatic rings. The van der Waals surface area contributed by atoms with Gasteiger partial charge in [0.2, 0.25) is 0 Å². The first-order valence-electron chi connectivity index (χ1n) is 19.9. The maximum absolute atomic E-state index is 6.72. The Labute approximate surface area is 325 Å². The Morgan fingerprint density at radius 3 is 1.77 bits per heavy atom. The topological polar surface area (TPSA) is 26.3 Å². The van der Waals surface area contributed by atoms with Gasteiger partial charge in [0.05, 0.1) is 0 Å². The molecule has 3 atom stereocenters. The maximum atomic E-state index is 6.72. The average Bonchev–Trinajstić information content (AvgIpc) is 3.88. The van der Waals surface area contributed by atoms with Gasteiger partial charge in [-0.25, -0.2) is 0 Å². The molecule has 2 heteroatoms. The molecule has 10 aromatic rings. The van der Waals surface area contributed by atoms with Crippen molar-refractivity contribution in [3.63, 3.8) is 0 Å². The summed E-state index contributed by atoms with van der Waals surface area (Å²) in [5.41, 5.74) is 10.7. The second kappa shape index (κ2) is 11.9. The molecule has 12 rings (SSSR count). The number of fused-ring (bicyclic) bond motifs is 3. The predicted molar refractivity (Wildman–Crippen MR) is 234 cm³/mol. The molecule has 56 heavy (non-hydrogen) atoms. The summed E-state index contributed by atoms with van der Waals surface area (Å²) < 4.78 is 13.4. The molecule has 2 aromatic heterocycles. The van der Waals surface area contributed by atoms with Crippen molar-refractivity contribution in [1.29, 1.82) is 0 Å². The molecule has 2 nitrogen and oxygen atoms in total. The molecular weight excluding hydrogens is 681 g/mol. The lowest BCUT2D eigenvalue weighted by Gasteiger charge is -2.33. The molecule has 0 radical (unpaired) electrons. The van der Waals surface area contributed by atoms with Crippen LogP contribution in [0.2, 0.25) is 0 Å². The zero-order valence-corrected chi connectivity index (χ0v) is 31.3. The van der Waals surface area contributed by atoms with E-state index in [9.17, 15) is 0 Å². The predicted octanol–water partition coefficient (Wildman–Crippen LogP) is 15.4. The fraction of sp³-hybridized carbons (Fsp3) is 0.111. The van der Waals surface area contributed by atoms with Gasteiger partial charge in [0.1, 0.15) is 22.7 Å². The van der Waals surface area contributed by atoms with E-state index < -0.39 is 0 Å². The normalized spacial score (nSPS) is 18.4. The summed E-state index contributed by atoms with van der Waals surface area (Å²) in [5.74, 6) is 2.84. The van der Waals surface area contributed by atoms with Crippen molar-refractivity contribution in [3.05, 3.63) is 181 Å². The first-order chi connectivity index (χ1) is 27.6. The van der Waals surface area contributed by atoms with E-state index in [0.717, 1.165) is 51.0 Å². The minimum atomic E-state index is 0.200. The van der Waals surface area contributed by atoms with Crippen LogP contribution in [0.25, 0.3) is 98.8 Å². The maximum Gasteiger partial charge on any atom is 0.136 e. The Morgan fingerprint density at radius 1 is 0.482 bits per heavy atom. The van der Waals surface area contributed by atoms with Crippen LogP contribution in [0.5, 0.6) is 0 Å². The number of rotatable bonds is 4. The summed E-state index contributed by atoms with van der Waals surface area (Å²) in [6, 6.07) is 50.8. The van der Waals surface area contributed by atoms with E-state index in [2.05, 4.69) is 172 Å². The average molecular weight is 719 g/mol. The van der Waals surface area contributed by atoms with E-state index in [4.69, 9.17) is 8.83 Å². The number of para-hydroxylation sites is 2. The van der Waals surface area contributed by atoms with Gasteiger partial charge in [0, 0.05) is 27.8 Å². The zero-order valence-electron chi connectivity index (χ0n) is 31.3. The summed E-state index contributed by atoms with van der Waals surface area (Å²) in [7, 11) is 0. The lowest BCUT2D eigenvalue weighted by molar-refractivity contribution is 0.572. The van der Waals surface area contributed by atoms with Crippen LogP contribution in [0.15, 0.2) is 184 Å². The largest absolute Gasteiger partial charge is 0.456 e. The SMILES string of the molecule is CC1CC=CC2=C1C=CC(c1cc(-c3cc4ccccc4o3)c3ccc4c(-c5ccc6ccccc6c5)cc(-c5cc6ccccc6o5)c5ccc1c3c45)C2C. The van der Waals surface area contributed by atoms with Crippen molar-refractivity contribution in [2.45, 2.75) is 26.2 Å². The number of allylic oxidation sites excluding steroid dienone is 6. The molecule has 8 aromatic carbocycles. The first kappa shape index (κ1) is 31.7. The Hall–Kier alpha value is -6.64. The molecule has 0 amide bonds. The van der Waals surface area contributed by atoms with E-state index in [1.54, 1.807) is 0 Å². The molecule has 0 saturated carbocycles. The van der Waals surface area contributed by atoms with Gasteiger partial charge in [-0.05, 0) is 132 Å². The van der Waals surface area contributed by atoms with Gasteiger partial charge in [-0.3, -0.25) is 0 Å². The molecular formula is C54H38O2. The highest BCUT2D eigenvalue weighted by Crippen LogP contribution is 2.51. The standard InChI is InChI=1S/C54H38O2/c1-31-10-9-15-39-32(2)40(21-20-38(31)39)46-30-48(52-28-37-14-6-8-17-50(37)56-52)44-24-22-41-45(35-19-18-33-11-3-4-12-34(33)26-35)29-47(43-25-23-42(46)54(44)53(41)43)51-27-36-13-5-7-16-49(36)55-51/h3-9,11-32,40H,10H2,1-2H3. The van der Waals surface area contributed by atoms with Gasteiger partial charge in [0.15, 0.2) is 0 Å². The minimum absolute atomic E-state index is 0.200. The molecule has 0 bridgehead atoms. The highest BCUT2D eigenvalue weighted by atomic mass is 16.3. The number of benzene rings is 8. The van der Waals surface area contributed by atoms with Gasteiger partial charge in [-0.1, -0.05) is 135 Å². The quantitative estimate of drug-likeness (QED) is 0.169. The molecule has 0 saturated heterocycles. The summed E-state index contributed by atoms with van der Waals surface area (Å²) in [6.45, 7) is 4.78. The smallest absolute Gasteiger partial charge is 0.136 e. The fourth-order valence-electron chi connectivity index (χ4n) is 10.1. The van der Waals surface area contributed by atoms with Crippen LogP contribution in [0.3, 0.4) is 0 Å². The Bertz CT molecular complexity index is 3260. The van der Waals surface area contributed by atoms with Crippen molar-refractivity contribution in [3.8, 4) is 33.8 Å². The molecule has 2 heterocycles. The van der Waals surface area contributed by atoms with E-state index >= 15 is 0 Å². The van der Waals surface area contributed by atoms with Crippen molar-refractivity contribution in [1.82, 2.24) is 0 Å². The third kappa shape index (κ3) is 4.62. The van der Waals surface area contributed by atoms with E-state index in [-0.39, 0.29) is 5.92 Å². The van der Waals surface area contributed by atoms with E-state index in [1.807, 2.05) is 6.07 Å². The number of hydrogen-bond donors (Lipinski definition) is 0. The molecule has 0 fully saturated rings. The van der Waals surface area contributed by atoms with Gasteiger partial charge < -0.3 is 8.83 Å². The van der Waals surface area contributed by atoms with Crippen LogP contribution in [-0.2, 0) is 0 Å². The molecule has 2 aliphatic carbocycles. The van der Waals surface area contributed by atoms with Crippen molar-refractivity contribution >= 4 is 65.0 Å². The Kier molecular flexibility index (Phi) is 6.75. The fourth-order valence-corrected chi connectivity index (χ4v) is 10.1. The van der Waals surface area contributed by atoms with Gasteiger partial charge in [0.25, 0.3) is 0 Å². The third-order valence-corrected chi connectivity index (χ3v) is 12.9. The van der Waals surface area contributed by atoms with Gasteiger partial charge >= 0.3 is 0 Å². The van der Waals surface area contributed by atoms with Crippen molar-refractivity contribution in [2.75, 3.05) is 0 Å². The molecule has 266 valence electrons. The first-order valence-corrected chi connectivity index (χ1v) is 19.9. The van der Waals surface area contributed by atoms with Crippen LogP contribution >= 0.6 is 0 Å². The van der Waals surface area contributed by atoms with Crippen molar-refractivity contribution < 1.29 is 8.83 Å². The van der Waals surface area contributed by atoms with Gasteiger partial charge in [-0.15, -0.1) is 0 Å². The van der Waals surface area contributed by atoms with Crippen molar-refractivity contribution in [2.24, 2.45) is 11.8 Å². The third-order valence-electron chi connectivity index (χ3n) is 12.9. The van der Waals surface area contributed by atoms with Crippen LogP contribution in [-0.4, -0.2) is 0 Å². The second-order valence-corrected chi connectivity index (χ2v) is 16.0. The Balaban J connectivity index is 1.20. The number of furan rings is 2. The second-order valence-electron chi connectivity index (χ2n) is 16.0. The highest BCUT2D eigenvalue weighted by Gasteiger charge is 2.31. The van der Waals surface area contributed by atoms with Crippen LogP contribution in [0, 0.1) is 11.8 Å². The summed E-state index contributed by atoms with van der Waals surface area (Å²) in [5, 5.41) is 12.1. The molecule has 0 N–H and O–H groups in total. The zero-order chi connectivity index (χ0) is 37.1. The summed E-state index contributed by atoms with van der Waals surface area (Å²) in [6.07, 6.45) is 10.8. The summed E-state index contributed by atoms with van der Waals surface area (Å²) in [4.78, 5) is 0. The molecule has 0 spiro atoms. The van der Waals surface area contributed by atoms with Crippen LogP contribution < -0.4 is 0 Å². The highest BCUT2D eigenvalue weighted by molar-refractivity contribution is 6.30. The lowest BCUT2D eigenvalue weighted by atomic mass is 9.71. The lowest BCUT2D eigenvalue weighted by Crippen LogP contribution is -2.19. The van der Waals surface area contributed by atoms with Crippen LogP contribution in [0.4, 0.5) is 0 Å². The Morgan fingerprint density at radius 2 is 1.07 bits per heavy atom. The van der Waals surface area contributed by atoms with E-state index in [1.165, 1.54) is 70.9 Å². The summed E-state index contributed by atoms with van der Waals surface area (Å²) >= 11 is 0.